The molecule has 2 N–H and O–H groups in total. The van der Waals surface area contributed by atoms with Crippen molar-refractivity contribution in [2.75, 3.05) is 18.4 Å². The number of methoxy groups -OCH3 is 1. The molecule has 0 bridgehead atoms. The Balaban J connectivity index is 2.26. The minimum absolute atomic E-state index is 0.163. The normalized spacial score (nSPS) is 16.5. The maximum Gasteiger partial charge on any atom is 0.335 e. The van der Waals surface area contributed by atoms with E-state index in [-0.39, 0.29) is 12.2 Å². The number of nitrogens with one attached hydrogen (secondary N) is 1. The summed E-state index contributed by atoms with van der Waals surface area (Å²) in [6, 6.07) is 4.47. The number of carbonyl (C=O) groups is 1. The number of carboxylic acids is 1. The number of rotatable bonds is 7. The van der Waals surface area contributed by atoms with Gasteiger partial charge in [-0.1, -0.05) is 6.92 Å². The summed E-state index contributed by atoms with van der Waals surface area (Å²) in [5.74, 6) is -1.01. The van der Waals surface area contributed by atoms with Crippen molar-refractivity contribution in [3.63, 3.8) is 0 Å². The molecule has 6 nitrogen and oxygen atoms in total. The maximum absolute atomic E-state index is 12.4. The molecule has 0 saturated heterocycles. The Morgan fingerprint density at radius 3 is 2.57 bits per heavy atom. The van der Waals surface area contributed by atoms with Gasteiger partial charge in [-0.15, -0.1) is 0 Å². The van der Waals surface area contributed by atoms with Crippen LogP contribution < -0.4 is 4.72 Å². The predicted octanol–water partition coefficient (Wildman–Crippen LogP) is 1.87. The summed E-state index contributed by atoms with van der Waals surface area (Å²) in [5.41, 5.74) is 1.18. The minimum Gasteiger partial charge on any atom is -0.478 e. The lowest BCUT2D eigenvalue weighted by molar-refractivity contribution is 0.0696. The first-order chi connectivity index (χ1) is 9.85. The van der Waals surface area contributed by atoms with E-state index in [9.17, 15) is 13.2 Å². The number of benzene rings is 1. The van der Waals surface area contributed by atoms with Crippen LogP contribution in [-0.2, 0) is 21.2 Å². The molecule has 2 rings (SSSR count). The average Bonchev–Trinajstić information content (AvgIpc) is 3.19. The SMILES string of the molecule is CCc1cc(NS(=O)(=O)C2(COC)CC2)ccc1C(=O)O. The molecular weight excluding hydrogens is 294 g/mol. The molecule has 0 radical (unpaired) electrons. The molecule has 0 aliphatic heterocycles. The highest BCUT2D eigenvalue weighted by atomic mass is 32.2. The fourth-order valence-corrected chi connectivity index (χ4v) is 3.88. The number of carboxylic acid groups (broad SMARTS) is 1. The number of ether oxygens (including phenoxy) is 1. The summed E-state index contributed by atoms with van der Waals surface area (Å²) < 4.78 is 31.5. The molecular formula is C14H19NO5S. The van der Waals surface area contributed by atoms with Crippen molar-refractivity contribution < 1.29 is 23.1 Å². The monoisotopic (exact) mass is 313 g/mol. The number of hydrogen-bond acceptors (Lipinski definition) is 4. The van der Waals surface area contributed by atoms with Gasteiger partial charge in [0.15, 0.2) is 0 Å². The highest BCUT2D eigenvalue weighted by molar-refractivity contribution is 7.94. The average molecular weight is 313 g/mol. The molecule has 21 heavy (non-hydrogen) atoms. The summed E-state index contributed by atoms with van der Waals surface area (Å²) in [4.78, 5) is 11.1. The number of aromatic carboxylic acids is 1. The van der Waals surface area contributed by atoms with Crippen molar-refractivity contribution in [1.29, 1.82) is 0 Å². The van der Waals surface area contributed by atoms with Crippen LogP contribution in [0, 0.1) is 0 Å². The Labute approximate surface area is 124 Å². The van der Waals surface area contributed by atoms with Crippen molar-refractivity contribution in [3.05, 3.63) is 29.3 Å². The van der Waals surface area contributed by atoms with Crippen LogP contribution in [0.4, 0.5) is 5.69 Å². The molecule has 1 aromatic rings. The van der Waals surface area contributed by atoms with Gasteiger partial charge in [-0.25, -0.2) is 13.2 Å². The van der Waals surface area contributed by atoms with Crippen LogP contribution in [0.25, 0.3) is 0 Å². The molecule has 7 heteroatoms. The second-order valence-corrected chi connectivity index (χ2v) is 7.33. The zero-order valence-corrected chi connectivity index (χ0v) is 12.9. The van der Waals surface area contributed by atoms with Crippen LogP contribution in [0.15, 0.2) is 18.2 Å². The van der Waals surface area contributed by atoms with E-state index in [1.165, 1.54) is 19.2 Å². The molecule has 1 fully saturated rings. The maximum atomic E-state index is 12.4. The van der Waals surface area contributed by atoms with Crippen LogP contribution in [0.1, 0.15) is 35.7 Å². The van der Waals surface area contributed by atoms with Crippen LogP contribution in [-0.4, -0.2) is 38.0 Å². The van der Waals surface area contributed by atoms with Gasteiger partial charge < -0.3 is 9.84 Å². The summed E-state index contributed by atoms with van der Waals surface area (Å²) in [7, 11) is -2.07. The van der Waals surface area contributed by atoms with E-state index in [0.29, 0.717) is 30.5 Å². The van der Waals surface area contributed by atoms with Gasteiger partial charge >= 0.3 is 5.97 Å². The number of hydrogen-bond donors (Lipinski definition) is 2. The highest BCUT2D eigenvalue weighted by Gasteiger charge is 2.54. The van der Waals surface area contributed by atoms with Crippen LogP contribution in [0.5, 0.6) is 0 Å². The van der Waals surface area contributed by atoms with E-state index in [0.717, 1.165) is 0 Å². The fourth-order valence-electron chi connectivity index (χ4n) is 2.31. The van der Waals surface area contributed by atoms with Crippen molar-refractivity contribution >= 4 is 21.7 Å². The third-order valence-corrected chi connectivity index (χ3v) is 5.92. The highest BCUT2D eigenvalue weighted by Crippen LogP contribution is 2.44. The van der Waals surface area contributed by atoms with Gasteiger partial charge in [0.1, 0.15) is 4.75 Å². The topological polar surface area (TPSA) is 92.7 Å². The quantitative estimate of drug-likeness (QED) is 0.801. The second kappa shape index (κ2) is 5.65. The Morgan fingerprint density at radius 2 is 2.10 bits per heavy atom. The van der Waals surface area contributed by atoms with E-state index in [4.69, 9.17) is 9.84 Å². The summed E-state index contributed by atoms with van der Waals surface area (Å²) >= 11 is 0. The third kappa shape index (κ3) is 3.03. The van der Waals surface area contributed by atoms with Gasteiger partial charge in [-0.2, -0.15) is 0 Å². The first kappa shape index (κ1) is 15.8. The first-order valence-corrected chi connectivity index (χ1v) is 8.21. The number of sulfonamides is 1. The largest absolute Gasteiger partial charge is 0.478 e. The fraction of sp³-hybridized carbons (Fsp3) is 0.500. The number of aryl methyl sites for hydroxylation is 1. The molecule has 116 valence electrons. The molecule has 0 unspecified atom stereocenters. The van der Waals surface area contributed by atoms with E-state index < -0.39 is 20.7 Å². The van der Waals surface area contributed by atoms with Gasteiger partial charge in [-0.3, -0.25) is 4.72 Å². The standard InChI is InChI=1S/C14H19NO5S/c1-3-10-8-11(4-5-12(10)13(16)17)15-21(18,19)14(6-7-14)9-20-2/h4-5,8,15H,3,6-7,9H2,1-2H3,(H,16,17). The van der Waals surface area contributed by atoms with Crippen LogP contribution in [0.3, 0.4) is 0 Å². The molecule has 0 spiro atoms. The van der Waals surface area contributed by atoms with Crippen molar-refractivity contribution in [1.82, 2.24) is 0 Å². The molecule has 1 aliphatic rings. The molecule has 1 aromatic carbocycles. The van der Waals surface area contributed by atoms with E-state index in [1.54, 1.807) is 6.07 Å². The second-order valence-electron chi connectivity index (χ2n) is 5.25. The lowest BCUT2D eigenvalue weighted by atomic mass is 10.0. The third-order valence-electron chi connectivity index (χ3n) is 3.75. The van der Waals surface area contributed by atoms with Gasteiger partial charge in [0.25, 0.3) is 0 Å². The van der Waals surface area contributed by atoms with E-state index in [1.807, 2.05) is 6.92 Å². The first-order valence-electron chi connectivity index (χ1n) is 6.73. The molecule has 0 heterocycles. The minimum atomic E-state index is -3.54. The van der Waals surface area contributed by atoms with E-state index in [2.05, 4.69) is 4.72 Å². The zero-order chi connectivity index (χ0) is 15.7. The summed E-state index contributed by atoms with van der Waals surface area (Å²) in [6.45, 7) is 1.99. The van der Waals surface area contributed by atoms with Crippen LogP contribution >= 0.6 is 0 Å². The van der Waals surface area contributed by atoms with Crippen molar-refractivity contribution in [2.45, 2.75) is 30.9 Å². The predicted molar refractivity (Wildman–Crippen MR) is 79.2 cm³/mol. The van der Waals surface area contributed by atoms with Gasteiger partial charge in [0, 0.05) is 12.8 Å². The Kier molecular flexibility index (Phi) is 4.25. The van der Waals surface area contributed by atoms with Crippen molar-refractivity contribution in [3.8, 4) is 0 Å². The molecule has 0 amide bonds. The van der Waals surface area contributed by atoms with Crippen molar-refractivity contribution in [2.24, 2.45) is 0 Å². The Bertz CT molecular complexity index is 649. The molecule has 1 saturated carbocycles. The number of anilines is 1. The lowest BCUT2D eigenvalue weighted by Gasteiger charge is -2.17. The van der Waals surface area contributed by atoms with Gasteiger partial charge in [0.2, 0.25) is 10.0 Å². The lowest BCUT2D eigenvalue weighted by Crippen LogP contribution is -2.33. The Morgan fingerprint density at radius 1 is 1.43 bits per heavy atom. The molecule has 1 aliphatic carbocycles. The Hall–Kier alpha value is -1.60. The molecule has 0 aromatic heterocycles. The molecule has 0 atom stereocenters. The summed E-state index contributed by atoms with van der Waals surface area (Å²) in [6.07, 6.45) is 1.66. The smallest absolute Gasteiger partial charge is 0.335 e. The van der Waals surface area contributed by atoms with Gasteiger partial charge in [-0.05, 0) is 43.0 Å². The van der Waals surface area contributed by atoms with Gasteiger partial charge in [0.05, 0.1) is 12.2 Å². The summed E-state index contributed by atoms with van der Waals surface area (Å²) in [5, 5.41) is 9.07. The van der Waals surface area contributed by atoms with E-state index >= 15 is 0 Å². The zero-order valence-electron chi connectivity index (χ0n) is 12.0. The van der Waals surface area contributed by atoms with Crippen LogP contribution in [0.2, 0.25) is 0 Å².